The number of carbonyl (C=O) groups excluding carboxylic acids is 1. The number of thioether (sulfide) groups is 1. The normalized spacial score (nSPS) is 10.6. The van der Waals surface area contributed by atoms with Crippen LogP contribution in [0.4, 0.5) is 5.69 Å². The first-order valence-corrected chi connectivity index (χ1v) is 10.2. The minimum Gasteiger partial charge on any atom is -0.480 e. The molecule has 30 heavy (non-hydrogen) atoms. The quantitative estimate of drug-likeness (QED) is 0.412. The van der Waals surface area contributed by atoms with Gasteiger partial charge in [-0.1, -0.05) is 60.7 Å². The Morgan fingerprint density at radius 2 is 1.77 bits per heavy atom. The van der Waals surface area contributed by atoms with E-state index in [2.05, 4.69) is 27.4 Å². The molecule has 0 bridgehead atoms. The van der Waals surface area contributed by atoms with Crippen molar-refractivity contribution >= 4 is 23.4 Å². The molecule has 1 N–H and O–H groups in total. The molecule has 0 saturated carbocycles. The molecule has 0 aliphatic carbocycles. The van der Waals surface area contributed by atoms with Crippen LogP contribution in [0.1, 0.15) is 16.2 Å². The Morgan fingerprint density at radius 1 is 1.03 bits per heavy atom. The largest absolute Gasteiger partial charge is 0.480 e. The van der Waals surface area contributed by atoms with E-state index < -0.39 is 5.91 Å². The highest BCUT2D eigenvalue weighted by molar-refractivity contribution is 7.98. The van der Waals surface area contributed by atoms with E-state index in [0.717, 1.165) is 16.2 Å². The number of ether oxygens (including phenoxy) is 1. The van der Waals surface area contributed by atoms with E-state index >= 15 is 0 Å². The summed E-state index contributed by atoms with van der Waals surface area (Å²) >= 11 is 1.59. The van der Waals surface area contributed by atoms with Crippen LogP contribution in [0.2, 0.25) is 0 Å². The zero-order valence-electron chi connectivity index (χ0n) is 16.2. The zero-order valence-corrected chi connectivity index (χ0v) is 17.1. The van der Waals surface area contributed by atoms with Crippen LogP contribution in [0.5, 0.6) is 5.88 Å². The van der Waals surface area contributed by atoms with Crippen LogP contribution in [-0.2, 0) is 5.75 Å². The maximum absolute atomic E-state index is 12.6. The number of pyridine rings is 1. The van der Waals surface area contributed by atoms with Gasteiger partial charge in [-0.2, -0.15) is 0 Å². The smallest absolute Gasteiger partial charge is 0.311 e. The monoisotopic (exact) mass is 417 g/mol. The summed E-state index contributed by atoms with van der Waals surface area (Å²) in [6.45, 7) is 0. The van der Waals surface area contributed by atoms with Gasteiger partial charge in [0.25, 0.3) is 5.89 Å². The summed E-state index contributed by atoms with van der Waals surface area (Å²) < 4.78 is 11.0. The number of anilines is 1. The number of hydrogen-bond donors (Lipinski definition) is 1. The third-order valence-corrected chi connectivity index (χ3v) is 5.35. The lowest BCUT2D eigenvalue weighted by Gasteiger charge is -2.10. The van der Waals surface area contributed by atoms with Crippen molar-refractivity contribution in [2.24, 2.45) is 0 Å². The average molecular weight is 417 g/mol. The Balaban J connectivity index is 1.47. The second-order valence-corrected chi connectivity index (χ2v) is 7.37. The molecule has 0 saturated heterocycles. The highest BCUT2D eigenvalue weighted by Gasteiger charge is 2.16. The van der Waals surface area contributed by atoms with Crippen molar-refractivity contribution in [3.8, 4) is 17.2 Å². The van der Waals surface area contributed by atoms with E-state index in [4.69, 9.17) is 9.15 Å². The predicted octanol–water partition coefficient (Wildman–Crippen LogP) is 5.29. The summed E-state index contributed by atoms with van der Waals surface area (Å²) in [6.07, 6.45) is 3.09. The summed E-state index contributed by atoms with van der Waals surface area (Å²) in [4.78, 5) is 21.8. The first kappa shape index (κ1) is 19.7. The van der Waals surface area contributed by atoms with Gasteiger partial charge in [0.2, 0.25) is 5.88 Å². The van der Waals surface area contributed by atoms with Crippen LogP contribution >= 0.6 is 11.8 Å². The van der Waals surface area contributed by atoms with E-state index in [1.807, 2.05) is 54.6 Å². The molecular formula is C23H19N3O3S. The second-order valence-electron chi connectivity index (χ2n) is 6.36. The molecule has 1 amide bonds. The predicted molar refractivity (Wildman–Crippen MR) is 117 cm³/mol. The topological polar surface area (TPSA) is 77.2 Å². The number of aromatic nitrogens is 2. The Kier molecular flexibility index (Phi) is 6.10. The molecule has 150 valence electrons. The summed E-state index contributed by atoms with van der Waals surface area (Å²) in [5, 5.41) is 2.79. The van der Waals surface area contributed by atoms with Crippen molar-refractivity contribution in [2.75, 3.05) is 12.4 Å². The number of methoxy groups -OCH3 is 1. The van der Waals surface area contributed by atoms with Gasteiger partial charge in [-0.25, -0.2) is 9.97 Å². The lowest BCUT2D eigenvalue weighted by molar-refractivity contribution is 0.0991. The molecule has 4 aromatic rings. The van der Waals surface area contributed by atoms with Crippen molar-refractivity contribution in [1.29, 1.82) is 0 Å². The zero-order chi connectivity index (χ0) is 20.8. The molecule has 0 aliphatic heterocycles. The first-order valence-electron chi connectivity index (χ1n) is 9.26. The molecule has 2 aromatic heterocycles. The van der Waals surface area contributed by atoms with Crippen molar-refractivity contribution in [2.45, 2.75) is 10.6 Å². The lowest BCUT2D eigenvalue weighted by atomic mass is 10.2. The molecule has 0 unspecified atom stereocenters. The van der Waals surface area contributed by atoms with Crippen LogP contribution in [0.3, 0.4) is 0 Å². The van der Waals surface area contributed by atoms with E-state index in [1.54, 1.807) is 25.1 Å². The van der Waals surface area contributed by atoms with Gasteiger partial charge in [-0.3, -0.25) is 4.79 Å². The Bertz CT molecular complexity index is 1130. The molecule has 6 nitrogen and oxygen atoms in total. The van der Waals surface area contributed by atoms with E-state index in [-0.39, 0.29) is 5.89 Å². The van der Waals surface area contributed by atoms with Crippen molar-refractivity contribution in [1.82, 2.24) is 9.97 Å². The summed E-state index contributed by atoms with van der Waals surface area (Å²) in [6, 6.07) is 21.4. The molecule has 2 aromatic carbocycles. The minimum atomic E-state index is -0.442. The highest BCUT2D eigenvalue weighted by atomic mass is 32.2. The maximum Gasteiger partial charge on any atom is 0.311 e. The number of amides is 1. The van der Waals surface area contributed by atoms with Crippen molar-refractivity contribution in [3.63, 3.8) is 0 Å². The molecule has 7 heteroatoms. The van der Waals surface area contributed by atoms with Gasteiger partial charge in [0, 0.05) is 11.3 Å². The fraction of sp³-hybridized carbons (Fsp3) is 0.0870. The Morgan fingerprint density at radius 3 is 2.50 bits per heavy atom. The fourth-order valence-corrected chi connectivity index (χ4v) is 3.78. The van der Waals surface area contributed by atoms with E-state index in [0.29, 0.717) is 17.3 Å². The van der Waals surface area contributed by atoms with Crippen LogP contribution in [-0.4, -0.2) is 23.0 Å². The van der Waals surface area contributed by atoms with Gasteiger partial charge in [0.05, 0.1) is 30.1 Å². The second kappa shape index (κ2) is 9.28. The van der Waals surface area contributed by atoms with Crippen molar-refractivity contribution < 1.29 is 13.9 Å². The van der Waals surface area contributed by atoms with Crippen LogP contribution in [0.15, 0.2) is 88.4 Å². The molecule has 0 fully saturated rings. The van der Waals surface area contributed by atoms with Gasteiger partial charge in [-0.05, 0) is 11.6 Å². The van der Waals surface area contributed by atoms with Gasteiger partial charge >= 0.3 is 5.91 Å². The minimum absolute atomic E-state index is 0.0110. The number of nitrogens with one attached hydrogen (secondary N) is 1. The number of nitrogens with zero attached hydrogens (tertiary/aromatic N) is 2. The maximum atomic E-state index is 12.6. The highest BCUT2D eigenvalue weighted by Crippen LogP contribution is 2.32. The first-order chi connectivity index (χ1) is 14.7. The molecule has 0 spiro atoms. The van der Waals surface area contributed by atoms with Crippen LogP contribution in [0, 0.1) is 0 Å². The van der Waals surface area contributed by atoms with Gasteiger partial charge in [0.15, 0.2) is 5.76 Å². The van der Waals surface area contributed by atoms with Gasteiger partial charge in [-0.15, -0.1) is 11.8 Å². The third-order valence-electron chi connectivity index (χ3n) is 4.26. The van der Waals surface area contributed by atoms with Crippen LogP contribution < -0.4 is 10.1 Å². The molecule has 4 rings (SSSR count). The van der Waals surface area contributed by atoms with E-state index in [9.17, 15) is 4.79 Å². The summed E-state index contributed by atoms with van der Waals surface area (Å²) in [7, 11) is 1.57. The van der Waals surface area contributed by atoms with Crippen molar-refractivity contribution in [3.05, 3.63) is 90.6 Å². The number of oxazole rings is 1. The summed E-state index contributed by atoms with van der Waals surface area (Å²) in [5.41, 5.74) is 2.58. The standard InChI is InChI=1S/C23H19N3O3S/c1-28-22-20(30-15-16-8-4-2-5-9-16)12-18(13-24-22)26-21(27)23-25-14-19(29-23)17-10-6-3-7-11-17/h2-14H,15H2,1H3,(H,26,27). The number of rotatable bonds is 7. The SMILES string of the molecule is COc1ncc(NC(=O)c2ncc(-c3ccccc3)o2)cc1SCc1ccccc1. The van der Waals surface area contributed by atoms with Gasteiger partial charge in [0.1, 0.15) is 0 Å². The number of hydrogen-bond acceptors (Lipinski definition) is 6. The number of carbonyl (C=O) groups is 1. The summed E-state index contributed by atoms with van der Waals surface area (Å²) in [5.74, 6) is 1.35. The molecule has 0 atom stereocenters. The third kappa shape index (κ3) is 4.69. The lowest BCUT2D eigenvalue weighted by Crippen LogP contribution is -2.12. The van der Waals surface area contributed by atoms with Gasteiger partial charge < -0.3 is 14.5 Å². The molecule has 0 radical (unpaired) electrons. The molecule has 2 heterocycles. The molecular weight excluding hydrogens is 398 g/mol. The van der Waals surface area contributed by atoms with Crippen LogP contribution in [0.25, 0.3) is 11.3 Å². The fourth-order valence-electron chi connectivity index (χ4n) is 2.79. The van der Waals surface area contributed by atoms with E-state index in [1.165, 1.54) is 11.8 Å². The average Bonchev–Trinajstić information content (AvgIpc) is 3.30. The Labute approximate surface area is 178 Å². The number of benzene rings is 2. The Hall–Kier alpha value is -3.58. The molecule has 0 aliphatic rings.